The van der Waals surface area contributed by atoms with Crippen LogP contribution in [0.25, 0.3) is 5.69 Å². The van der Waals surface area contributed by atoms with Crippen LogP contribution in [0.4, 0.5) is 0 Å². The van der Waals surface area contributed by atoms with E-state index in [0.29, 0.717) is 0 Å². The number of hydrogen-bond acceptors (Lipinski definition) is 5. The van der Waals surface area contributed by atoms with E-state index in [1.54, 1.807) is 16.6 Å². The van der Waals surface area contributed by atoms with Crippen LogP contribution < -0.4 is 0 Å². The average Bonchev–Trinajstić information content (AvgIpc) is 3.00. The Balaban J connectivity index is 1.91. The van der Waals surface area contributed by atoms with Crippen LogP contribution in [0.2, 0.25) is 0 Å². The largest absolute Gasteiger partial charge is 0.242 e. The Morgan fingerprint density at radius 3 is 2.65 bits per heavy atom. The highest BCUT2D eigenvalue weighted by Crippen LogP contribution is 2.17. The van der Waals surface area contributed by atoms with Gasteiger partial charge in [-0.1, -0.05) is 11.6 Å². The molecule has 6 nitrogen and oxygen atoms in total. The molecule has 8 heteroatoms. The maximum Gasteiger partial charge on any atom is 0.222 e. The highest BCUT2D eigenvalue weighted by atomic mass is 35.5. The third-order valence-corrected chi connectivity index (χ3v) is 4.01. The fourth-order valence-electron chi connectivity index (χ4n) is 1.40. The third-order valence-electron chi connectivity index (χ3n) is 2.18. The number of benzene rings is 1. The molecule has 0 N–H and O–H groups in total. The first-order chi connectivity index (χ1) is 8.33. The minimum absolute atomic E-state index is 0.335. The Morgan fingerprint density at radius 2 is 2.06 bits per heavy atom. The fourth-order valence-corrected chi connectivity index (χ4v) is 2.96. The van der Waals surface area contributed by atoms with Crippen LogP contribution in [0, 0.1) is 0 Å². The zero-order chi connectivity index (χ0) is 11.7. The lowest BCUT2D eigenvalue weighted by atomic mass is 10.3. The number of hydrogen-bond donors (Lipinski definition) is 0. The van der Waals surface area contributed by atoms with E-state index in [1.165, 1.54) is 0 Å². The number of aliphatic imine (C=N–C) groups is 1. The zero-order valence-electron chi connectivity index (χ0n) is 8.51. The molecule has 1 aromatic heterocycles. The Labute approximate surface area is 104 Å². The summed E-state index contributed by atoms with van der Waals surface area (Å²) in [5.41, 5.74) is 2.24. The highest BCUT2D eigenvalue weighted by Gasteiger charge is 2.09. The third kappa shape index (κ3) is 2.11. The molecular weight excluding hydrogens is 260 g/mol. The Hall–Kier alpha value is -1.60. The predicted octanol–water partition coefficient (Wildman–Crippen LogP) is 1.39. The van der Waals surface area contributed by atoms with Crippen molar-refractivity contribution < 1.29 is 0 Å². The Bertz CT molecular complexity index is 576. The van der Waals surface area contributed by atoms with Crippen molar-refractivity contribution in [3.8, 4) is 5.69 Å². The fraction of sp³-hybridized carbons (Fsp3) is 0.111. The van der Waals surface area contributed by atoms with E-state index in [4.69, 9.17) is 11.6 Å². The number of tetrazole rings is 1. The van der Waals surface area contributed by atoms with Crippen molar-refractivity contribution in [3.63, 3.8) is 0 Å². The van der Waals surface area contributed by atoms with Gasteiger partial charge in [-0.15, -0.1) is 5.10 Å². The normalized spacial score (nSPS) is 22.6. The molecule has 0 fully saturated rings. The molecule has 2 heterocycles. The Kier molecular flexibility index (Phi) is 2.69. The van der Waals surface area contributed by atoms with Gasteiger partial charge in [0.15, 0.2) is 0 Å². The first kappa shape index (κ1) is 10.5. The maximum atomic E-state index is 5.78. The summed E-state index contributed by atoms with van der Waals surface area (Å²) in [5, 5.41) is 11.0. The van der Waals surface area contributed by atoms with Crippen LogP contribution in [0.5, 0.6) is 0 Å². The second-order valence-corrected chi connectivity index (χ2v) is 5.15. The molecule has 0 saturated carbocycles. The molecule has 0 radical (unpaired) electrons. The number of aromatic nitrogens is 4. The van der Waals surface area contributed by atoms with Crippen molar-refractivity contribution in [2.45, 2.75) is 10.5 Å². The quantitative estimate of drug-likeness (QED) is 0.609. The first-order valence-corrected chi connectivity index (χ1v) is 6.46. The standard InChI is InChI=1S/C9H7ClN6S/c10-9-11-6-17(13-9)8-3-1-7(2-4-8)16-5-12-14-15-16/h1-6,9H. The van der Waals surface area contributed by atoms with Gasteiger partial charge in [0.05, 0.1) is 11.2 Å². The van der Waals surface area contributed by atoms with Crippen molar-refractivity contribution in [1.82, 2.24) is 20.2 Å². The molecule has 0 spiro atoms. The number of nitrogens with zero attached hydrogens (tertiary/aromatic N) is 6. The smallest absolute Gasteiger partial charge is 0.222 e. The van der Waals surface area contributed by atoms with E-state index in [0.717, 1.165) is 10.6 Å². The summed E-state index contributed by atoms with van der Waals surface area (Å²) < 4.78 is 5.87. The lowest BCUT2D eigenvalue weighted by Crippen LogP contribution is -1.96. The van der Waals surface area contributed by atoms with Crippen molar-refractivity contribution in [2.75, 3.05) is 0 Å². The van der Waals surface area contributed by atoms with Gasteiger partial charge in [-0.3, -0.25) is 0 Å². The van der Waals surface area contributed by atoms with Crippen molar-refractivity contribution in [2.24, 2.45) is 9.36 Å². The second-order valence-electron chi connectivity index (χ2n) is 3.23. The van der Waals surface area contributed by atoms with E-state index in [-0.39, 0.29) is 10.7 Å². The maximum absolute atomic E-state index is 5.78. The van der Waals surface area contributed by atoms with Crippen LogP contribution in [0.3, 0.4) is 0 Å². The van der Waals surface area contributed by atoms with Gasteiger partial charge in [0.2, 0.25) is 5.62 Å². The van der Waals surface area contributed by atoms with Gasteiger partial charge in [0.1, 0.15) is 6.33 Å². The topological polar surface area (TPSA) is 68.3 Å². The minimum atomic E-state index is -0.447. The van der Waals surface area contributed by atoms with Gasteiger partial charge in [-0.05, 0) is 45.4 Å². The number of alkyl halides is 1. The van der Waals surface area contributed by atoms with Crippen LogP contribution in [0.15, 0.2) is 44.8 Å². The molecule has 0 bridgehead atoms. The van der Waals surface area contributed by atoms with Gasteiger partial charge in [0.25, 0.3) is 0 Å². The molecule has 17 heavy (non-hydrogen) atoms. The van der Waals surface area contributed by atoms with Crippen LogP contribution in [0.1, 0.15) is 0 Å². The molecule has 1 aliphatic heterocycles. The van der Waals surface area contributed by atoms with Crippen LogP contribution >= 0.6 is 11.6 Å². The molecule has 2 atom stereocenters. The number of halogens is 1. The highest BCUT2D eigenvalue weighted by molar-refractivity contribution is 8.00. The van der Waals surface area contributed by atoms with Crippen LogP contribution in [-0.2, 0) is 10.7 Å². The summed E-state index contributed by atoms with van der Waals surface area (Å²) in [6, 6.07) is 7.82. The SMILES string of the molecule is ClC1N=CS(c2ccc(-n3cnnn3)cc2)=N1. The van der Waals surface area contributed by atoms with Gasteiger partial charge in [-0.2, -0.15) is 0 Å². The zero-order valence-corrected chi connectivity index (χ0v) is 10.1. The summed E-state index contributed by atoms with van der Waals surface area (Å²) >= 11 is 5.78. The molecule has 3 rings (SSSR count). The summed E-state index contributed by atoms with van der Waals surface area (Å²) in [6.07, 6.45) is 1.55. The van der Waals surface area contributed by atoms with Crippen molar-refractivity contribution in [3.05, 3.63) is 30.6 Å². The van der Waals surface area contributed by atoms with E-state index in [2.05, 4.69) is 24.9 Å². The van der Waals surface area contributed by atoms with E-state index in [1.807, 2.05) is 24.3 Å². The van der Waals surface area contributed by atoms with Crippen molar-refractivity contribution >= 4 is 27.8 Å². The average molecular weight is 267 g/mol. The minimum Gasteiger partial charge on any atom is -0.242 e. The molecule has 0 saturated heterocycles. The molecular formula is C9H7ClN6S. The van der Waals surface area contributed by atoms with Gasteiger partial charge in [0, 0.05) is 4.90 Å². The molecule has 86 valence electrons. The molecule has 2 aromatic rings. The molecule has 0 amide bonds. The lowest BCUT2D eigenvalue weighted by molar-refractivity contribution is 0.788. The summed E-state index contributed by atoms with van der Waals surface area (Å²) in [7, 11) is -0.335. The van der Waals surface area contributed by atoms with Gasteiger partial charge < -0.3 is 0 Å². The molecule has 2 unspecified atom stereocenters. The first-order valence-electron chi connectivity index (χ1n) is 4.78. The molecule has 1 aromatic carbocycles. The van der Waals surface area contributed by atoms with Gasteiger partial charge in [-0.25, -0.2) is 14.0 Å². The van der Waals surface area contributed by atoms with Gasteiger partial charge >= 0.3 is 0 Å². The number of rotatable bonds is 2. The summed E-state index contributed by atoms with van der Waals surface area (Å²) in [6.45, 7) is 0. The van der Waals surface area contributed by atoms with E-state index >= 15 is 0 Å². The molecule has 1 aliphatic rings. The Morgan fingerprint density at radius 1 is 1.24 bits per heavy atom. The van der Waals surface area contributed by atoms with Crippen molar-refractivity contribution in [1.29, 1.82) is 0 Å². The van der Waals surface area contributed by atoms with E-state index in [9.17, 15) is 0 Å². The molecule has 0 aliphatic carbocycles. The summed E-state index contributed by atoms with van der Waals surface area (Å²) in [5.74, 6) is 0. The second kappa shape index (κ2) is 4.34. The monoisotopic (exact) mass is 266 g/mol. The summed E-state index contributed by atoms with van der Waals surface area (Å²) in [4.78, 5) is 5.09. The van der Waals surface area contributed by atoms with E-state index < -0.39 is 5.62 Å². The lowest BCUT2D eigenvalue weighted by Gasteiger charge is -2.02. The van der Waals surface area contributed by atoms with Crippen LogP contribution in [-0.4, -0.2) is 31.4 Å². The predicted molar refractivity (Wildman–Crippen MR) is 65.3 cm³/mol.